The third-order valence-electron chi connectivity index (χ3n) is 4.77. The van der Waals surface area contributed by atoms with Gasteiger partial charge in [0.2, 0.25) is 15.9 Å². The number of benzene rings is 2. The van der Waals surface area contributed by atoms with Crippen molar-refractivity contribution in [3.63, 3.8) is 0 Å². The number of nitrogens with zero attached hydrogens (tertiary/aromatic N) is 2. The SMILES string of the molecule is NS(=O)(=O)c1ccc(NC(=O)CN2CCC[C@@H]2c2nc3ccccc3s2)cc1. The highest BCUT2D eigenvalue weighted by molar-refractivity contribution is 7.89. The van der Waals surface area contributed by atoms with Crippen LogP contribution >= 0.6 is 11.3 Å². The van der Waals surface area contributed by atoms with Gasteiger partial charge in [0.05, 0.1) is 27.7 Å². The summed E-state index contributed by atoms with van der Waals surface area (Å²) in [6.07, 6.45) is 2.01. The maximum atomic E-state index is 12.5. The predicted octanol–water partition coefficient (Wildman–Crippen LogP) is 2.72. The molecule has 1 fully saturated rings. The first-order valence-electron chi connectivity index (χ1n) is 8.92. The van der Waals surface area contributed by atoms with Crippen LogP contribution in [0.2, 0.25) is 0 Å². The average Bonchev–Trinajstić information content (AvgIpc) is 3.27. The Labute approximate surface area is 167 Å². The Morgan fingerprint density at radius 3 is 2.68 bits per heavy atom. The van der Waals surface area contributed by atoms with Gasteiger partial charge in [-0.05, 0) is 55.8 Å². The third kappa shape index (κ3) is 4.07. The van der Waals surface area contributed by atoms with Crippen LogP contribution in [-0.4, -0.2) is 37.3 Å². The molecule has 0 unspecified atom stereocenters. The maximum absolute atomic E-state index is 12.5. The average molecular weight is 417 g/mol. The summed E-state index contributed by atoms with van der Waals surface area (Å²) >= 11 is 1.68. The fourth-order valence-corrected chi connectivity index (χ4v) is 5.09. The molecule has 2 heterocycles. The highest BCUT2D eigenvalue weighted by Crippen LogP contribution is 2.36. The molecule has 1 saturated heterocycles. The Balaban J connectivity index is 1.43. The minimum atomic E-state index is -3.74. The van der Waals surface area contributed by atoms with Crippen molar-refractivity contribution in [2.75, 3.05) is 18.4 Å². The molecule has 0 saturated carbocycles. The molecule has 4 rings (SSSR count). The number of hydrogen-bond acceptors (Lipinski definition) is 6. The molecule has 1 amide bonds. The van der Waals surface area contributed by atoms with Crippen molar-refractivity contribution in [3.05, 3.63) is 53.5 Å². The number of carbonyl (C=O) groups is 1. The van der Waals surface area contributed by atoms with Crippen molar-refractivity contribution in [2.45, 2.75) is 23.8 Å². The Morgan fingerprint density at radius 2 is 1.96 bits per heavy atom. The predicted molar refractivity (Wildman–Crippen MR) is 110 cm³/mol. The number of nitrogens with one attached hydrogen (secondary N) is 1. The van der Waals surface area contributed by atoms with Crippen LogP contribution in [0, 0.1) is 0 Å². The van der Waals surface area contributed by atoms with Crippen molar-refractivity contribution in [3.8, 4) is 0 Å². The van der Waals surface area contributed by atoms with Crippen LogP contribution < -0.4 is 10.5 Å². The molecule has 3 aromatic rings. The number of fused-ring (bicyclic) bond motifs is 1. The zero-order valence-corrected chi connectivity index (χ0v) is 16.7. The van der Waals surface area contributed by atoms with Crippen molar-refractivity contribution >= 4 is 43.2 Å². The highest BCUT2D eigenvalue weighted by atomic mass is 32.2. The number of likely N-dealkylation sites (tertiary alicyclic amines) is 1. The fraction of sp³-hybridized carbons (Fsp3) is 0.263. The second-order valence-corrected chi connectivity index (χ2v) is 9.39. The molecule has 7 nitrogen and oxygen atoms in total. The summed E-state index contributed by atoms with van der Waals surface area (Å²) in [6, 6.07) is 14.0. The summed E-state index contributed by atoms with van der Waals surface area (Å²) in [5.41, 5.74) is 1.53. The van der Waals surface area contributed by atoms with Crippen molar-refractivity contribution in [2.24, 2.45) is 5.14 Å². The number of rotatable bonds is 5. The van der Waals surface area contributed by atoms with E-state index < -0.39 is 10.0 Å². The molecule has 0 spiro atoms. The third-order valence-corrected chi connectivity index (χ3v) is 6.84. The molecule has 1 aliphatic rings. The maximum Gasteiger partial charge on any atom is 0.238 e. The number of aromatic nitrogens is 1. The van der Waals surface area contributed by atoms with E-state index >= 15 is 0 Å². The Morgan fingerprint density at radius 1 is 1.21 bits per heavy atom. The van der Waals surface area contributed by atoms with Gasteiger partial charge in [-0.2, -0.15) is 0 Å². The topological polar surface area (TPSA) is 105 Å². The first-order chi connectivity index (χ1) is 13.4. The van der Waals surface area contributed by atoms with Gasteiger partial charge in [-0.1, -0.05) is 12.1 Å². The summed E-state index contributed by atoms with van der Waals surface area (Å²) in [7, 11) is -3.74. The van der Waals surface area contributed by atoms with Crippen LogP contribution in [0.25, 0.3) is 10.2 Å². The van der Waals surface area contributed by atoms with Gasteiger partial charge in [0.25, 0.3) is 0 Å². The molecule has 1 aliphatic heterocycles. The molecule has 146 valence electrons. The first kappa shape index (κ1) is 19.0. The van der Waals surface area contributed by atoms with E-state index in [1.54, 1.807) is 11.3 Å². The van der Waals surface area contributed by atoms with Crippen LogP contribution in [0.1, 0.15) is 23.9 Å². The molecule has 1 aromatic heterocycles. The largest absolute Gasteiger partial charge is 0.325 e. The standard InChI is InChI=1S/C19H20N4O3S2/c20-28(25,26)14-9-7-13(8-10-14)21-18(24)12-23-11-3-5-16(23)19-22-15-4-1-2-6-17(15)27-19/h1-2,4,6-10,16H,3,5,11-12H2,(H,21,24)(H2,20,25,26)/t16-/m1/s1. The van der Waals surface area contributed by atoms with E-state index in [0.29, 0.717) is 5.69 Å². The quantitative estimate of drug-likeness (QED) is 0.665. The van der Waals surface area contributed by atoms with Gasteiger partial charge in [-0.25, -0.2) is 18.5 Å². The molecular formula is C19H20N4O3S2. The number of sulfonamides is 1. The molecule has 9 heteroatoms. The van der Waals surface area contributed by atoms with Crippen LogP contribution in [0.5, 0.6) is 0 Å². The number of amides is 1. The van der Waals surface area contributed by atoms with Gasteiger partial charge in [0.15, 0.2) is 0 Å². The van der Waals surface area contributed by atoms with E-state index in [-0.39, 0.29) is 23.4 Å². The van der Waals surface area contributed by atoms with E-state index in [1.165, 1.54) is 24.3 Å². The summed E-state index contributed by atoms with van der Waals surface area (Å²) in [4.78, 5) is 19.4. The van der Waals surface area contributed by atoms with Gasteiger partial charge >= 0.3 is 0 Å². The molecule has 0 radical (unpaired) electrons. The minimum absolute atomic E-state index is 0.0148. The zero-order chi connectivity index (χ0) is 19.7. The number of para-hydroxylation sites is 1. The van der Waals surface area contributed by atoms with E-state index in [4.69, 9.17) is 10.1 Å². The van der Waals surface area contributed by atoms with E-state index in [1.807, 2.05) is 18.2 Å². The first-order valence-corrected chi connectivity index (χ1v) is 11.3. The molecular weight excluding hydrogens is 396 g/mol. The lowest BCUT2D eigenvalue weighted by Crippen LogP contribution is -2.32. The van der Waals surface area contributed by atoms with Gasteiger partial charge < -0.3 is 5.32 Å². The van der Waals surface area contributed by atoms with Crippen LogP contribution in [0.4, 0.5) is 5.69 Å². The lowest BCUT2D eigenvalue weighted by molar-refractivity contribution is -0.117. The molecule has 1 atom stereocenters. The molecule has 3 N–H and O–H groups in total. The van der Waals surface area contributed by atoms with Crippen molar-refractivity contribution < 1.29 is 13.2 Å². The van der Waals surface area contributed by atoms with Gasteiger partial charge in [-0.15, -0.1) is 11.3 Å². The Hall–Kier alpha value is -2.33. The van der Waals surface area contributed by atoms with Gasteiger partial charge in [0, 0.05) is 5.69 Å². The molecule has 0 bridgehead atoms. The summed E-state index contributed by atoms with van der Waals surface area (Å²) in [5, 5.41) is 8.95. The Kier molecular flexibility index (Phi) is 5.15. The Bertz CT molecular complexity index is 1080. The minimum Gasteiger partial charge on any atom is -0.325 e. The fourth-order valence-electron chi connectivity index (χ4n) is 3.44. The van der Waals surface area contributed by atoms with Crippen LogP contribution in [0.3, 0.4) is 0 Å². The summed E-state index contributed by atoms with van der Waals surface area (Å²) in [6.45, 7) is 1.11. The highest BCUT2D eigenvalue weighted by Gasteiger charge is 2.30. The summed E-state index contributed by atoms with van der Waals surface area (Å²) < 4.78 is 23.8. The van der Waals surface area contributed by atoms with E-state index in [2.05, 4.69) is 16.3 Å². The summed E-state index contributed by atoms with van der Waals surface area (Å²) in [5.74, 6) is -0.142. The van der Waals surface area contributed by atoms with E-state index in [9.17, 15) is 13.2 Å². The number of carbonyl (C=O) groups excluding carboxylic acids is 1. The molecule has 0 aliphatic carbocycles. The second kappa shape index (κ2) is 7.59. The van der Waals surface area contributed by atoms with E-state index in [0.717, 1.165) is 34.6 Å². The van der Waals surface area contributed by atoms with Crippen LogP contribution in [-0.2, 0) is 14.8 Å². The van der Waals surface area contributed by atoms with Crippen molar-refractivity contribution in [1.82, 2.24) is 9.88 Å². The number of hydrogen-bond donors (Lipinski definition) is 2. The zero-order valence-electron chi connectivity index (χ0n) is 15.0. The van der Waals surface area contributed by atoms with Crippen LogP contribution in [0.15, 0.2) is 53.4 Å². The lowest BCUT2D eigenvalue weighted by atomic mass is 10.2. The molecule has 28 heavy (non-hydrogen) atoms. The van der Waals surface area contributed by atoms with Crippen molar-refractivity contribution in [1.29, 1.82) is 0 Å². The normalized spacial score (nSPS) is 17.8. The van der Waals surface area contributed by atoms with Gasteiger partial charge in [-0.3, -0.25) is 9.69 Å². The lowest BCUT2D eigenvalue weighted by Gasteiger charge is -2.22. The monoisotopic (exact) mass is 416 g/mol. The second-order valence-electron chi connectivity index (χ2n) is 6.77. The molecule has 2 aromatic carbocycles. The van der Waals surface area contributed by atoms with Gasteiger partial charge in [0.1, 0.15) is 5.01 Å². The smallest absolute Gasteiger partial charge is 0.238 e. The number of primary sulfonamides is 1. The number of thiazole rings is 1. The number of nitrogens with two attached hydrogens (primary N) is 1. The number of anilines is 1.